The number of carbonyl (C=O) groups excluding carboxylic acids is 3. The molecule has 13 aromatic rings. The molecule has 0 aliphatic carbocycles. The minimum absolute atomic E-state index is 0. The molecule has 141 heavy (non-hydrogen) atoms. The second-order valence-electron chi connectivity index (χ2n) is 38.7. The number of aromatic amines is 1. The Balaban J connectivity index is 0.000000295. The van der Waals surface area contributed by atoms with E-state index in [0.717, 1.165) is 74.8 Å². The van der Waals surface area contributed by atoms with E-state index in [1.807, 2.05) is 90.1 Å². The maximum atomic E-state index is 14.3. The van der Waals surface area contributed by atoms with E-state index in [1.165, 1.54) is 66.2 Å². The number of imide groups is 1. The number of H-pyrrole nitrogens is 1. The predicted molar refractivity (Wildman–Crippen MR) is 586 cm³/mol. The first-order chi connectivity index (χ1) is 66.0. The molecular formula is C110H133Cl5F3KN10O8SSi3. The molecule has 1 saturated heterocycles. The van der Waals surface area contributed by atoms with Crippen LogP contribution in [0, 0.1) is 44.1 Å². The number of primary amides is 1. The Labute approximate surface area is 908 Å². The van der Waals surface area contributed by atoms with Crippen LogP contribution in [0.15, 0.2) is 246 Å². The number of anilines is 2. The first kappa shape index (κ1) is 118. The van der Waals surface area contributed by atoms with Gasteiger partial charge in [0.2, 0.25) is 0 Å². The van der Waals surface area contributed by atoms with Crippen LogP contribution in [0.1, 0.15) is 229 Å². The number of aromatic nitrogens is 5. The fourth-order valence-corrected chi connectivity index (χ4v) is 32.2. The molecule has 0 saturated carbocycles. The molecule has 9 aromatic carbocycles. The summed E-state index contributed by atoms with van der Waals surface area (Å²) in [6.07, 6.45) is 2.97. The Bertz CT molecular complexity index is 6430. The van der Waals surface area contributed by atoms with Crippen LogP contribution in [0.2, 0.25) is 40.9 Å². The smallest absolute Gasteiger partial charge is 1.00 e. The van der Waals surface area contributed by atoms with Gasteiger partial charge in [-0.15, -0.1) is 0 Å². The van der Waals surface area contributed by atoms with Crippen LogP contribution in [-0.4, -0.2) is 86.1 Å². The Hall–Kier alpha value is -8.70. The van der Waals surface area contributed by atoms with E-state index >= 15 is 0 Å². The van der Waals surface area contributed by atoms with E-state index in [4.69, 9.17) is 84.1 Å². The summed E-state index contributed by atoms with van der Waals surface area (Å²) in [5.41, 5.74) is 20.2. The van der Waals surface area contributed by atoms with Gasteiger partial charge in [0, 0.05) is 18.8 Å². The number of carbonyl (C=O) groups is 3. The minimum Gasteiger partial charge on any atom is -1.00 e. The van der Waals surface area contributed by atoms with Crippen molar-refractivity contribution in [2.75, 3.05) is 23.8 Å². The SMILES string of the molecule is C.C[C@H]1CC[C@H](C)NC1.Cc1cc(CO[Si](c2ccccc2)(c2ccccc2)C(C)(C)C)cc(C(C)C)c1-n1c(=O)[nH]c(=O)c2cc(F)c(Cl)nc21.Cc1cc(CO[Si](c2ccccc2)(c2ccccc2)C(C)(C)C)cc(C(C)C)c1N.Cc1cc(CO[Si](c2ccccc2)(c2ccccc2)C(C)(C)C)cc(C(C)C)c1NC(=O)NC(=O)c1cc(F)c(Cl)nc1Cl.NC(=O)c1cc(F)c(Cl)nc1Cl.[2H]CS.[H-].[K+]. The zero-order chi connectivity index (χ0) is 103. The van der Waals surface area contributed by atoms with Crippen molar-refractivity contribution in [1.82, 2.24) is 35.1 Å². The Morgan fingerprint density at radius 2 is 0.844 bits per heavy atom. The molecule has 14 rings (SSSR count). The van der Waals surface area contributed by atoms with Crippen molar-refractivity contribution >= 4 is 167 Å². The van der Waals surface area contributed by atoms with Gasteiger partial charge in [0.1, 0.15) is 10.3 Å². The van der Waals surface area contributed by atoms with Gasteiger partial charge in [-0.3, -0.25) is 24.7 Å². The molecule has 31 heteroatoms. The number of halogens is 8. The van der Waals surface area contributed by atoms with Crippen molar-refractivity contribution in [1.29, 1.82) is 0 Å². The minimum atomic E-state index is -2.79. The monoisotopic (exact) mass is 2110 g/mol. The number of nitrogens with one attached hydrogen (secondary N) is 4. The summed E-state index contributed by atoms with van der Waals surface area (Å²) in [6, 6.07) is 78.5. The first-order valence-corrected chi connectivity index (χ1v) is 54.2. The average Bonchev–Trinajstić information content (AvgIpc) is 0.742. The van der Waals surface area contributed by atoms with Crippen molar-refractivity contribution < 1.29 is 95.0 Å². The molecule has 4 amide bonds. The third kappa shape index (κ3) is 29.2. The zero-order valence-electron chi connectivity index (χ0n) is 85.5. The second kappa shape index (κ2) is 52.9. The molecular weight excluding hydrogens is 1980 g/mol. The van der Waals surface area contributed by atoms with Crippen LogP contribution in [0.4, 0.5) is 29.3 Å². The standard InChI is InChI=1S/C34H36Cl2FN3O3Si.C34H35ClFN3O3Si.C27H35NOSi.C7H15N.C6H3Cl2FN2O.CH4S.CH4.K.H/c1-21(2)26-18-23(17-22(3)29(26)38-33(42)40-32(41)27-19-28(37)31(36)39-30(27)35)20-43-44(34(4,5)6,24-13-9-7-10-14-24)25-15-11-8-12-16-25;1-21(2)26-18-23(17-22(3)29(26)39-31-27(32(40)38-33(39)41)19-28(36)30(35)37-31)20-42-43(34(4,5)6,24-13-9-7-10-14-24)25-15-11-8-12-16-25;1-20(2)25-18-22(17-21(3)26(25)28)19-29-30(27(4,5)6,23-13-9-7-10-14-23)24-15-11-8-12-16-24;1-6-3-4-7(2)8-5-6;7-4-2(6(10)12)1-3(9)5(8)11-4;1-2;;;/h7-19,21H,20H2,1-6H3,(H2,38,40,41,42);7-19,21H,20H2,1-6H3,(H,38,40,41);7-18,20H,19,28H2,1-6H3;6-8H,3-5H2,1-2H3;1H,(H2,10,12);2H,1H3;1H4;;/q;;;;;;;+1;-1/t;;;6-,7-;;;;;/m...0...../s1/i;;;;;1D;;;. The predicted octanol–water partition coefficient (Wildman–Crippen LogP) is 21.5. The van der Waals surface area contributed by atoms with E-state index in [1.54, 1.807) is 0 Å². The molecule has 2 atom stereocenters. The number of hydrogen-bond acceptors (Lipinski definition) is 14. The number of amides is 4. The second-order valence-corrected chi connectivity index (χ2v) is 53.4. The summed E-state index contributed by atoms with van der Waals surface area (Å²) in [6.45, 7) is 45.8. The van der Waals surface area contributed by atoms with Crippen molar-refractivity contribution in [2.45, 2.75) is 217 Å². The van der Waals surface area contributed by atoms with Crippen molar-refractivity contribution in [2.24, 2.45) is 11.7 Å². The van der Waals surface area contributed by atoms with Crippen LogP contribution < -0.4 is 121 Å². The number of nitrogens with zero attached hydrogens (tertiary/aromatic N) is 4. The summed E-state index contributed by atoms with van der Waals surface area (Å²) < 4.78 is 69.6. The van der Waals surface area contributed by atoms with Gasteiger partial charge in [-0.25, -0.2) is 42.3 Å². The van der Waals surface area contributed by atoms with Crippen molar-refractivity contribution in [3.05, 3.63) is 362 Å². The quantitative estimate of drug-likeness (QED) is 0.0144. The van der Waals surface area contributed by atoms with E-state index < -0.39 is 81.8 Å². The van der Waals surface area contributed by atoms with Gasteiger partial charge in [0.05, 0.1) is 42.0 Å². The summed E-state index contributed by atoms with van der Waals surface area (Å²) in [4.78, 5) is 75.3. The third-order valence-electron chi connectivity index (χ3n) is 24.4. The fourth-order valence-electron chi connectivity index (χ4n) is 17.6. The van der Waals surface area contributed by atoms with Gasteiger partial charge < -0.3 is 36.8 Å². The van der Waals surface area contributed by atoms with E-state index in [9.17, 15) is 37.1 Å². The number of nitrogens with two attached hydrogens (primary N) is 2. The molecule has 0 bridgehead atoms. The molecule has 5 heterocycles. The molecule has 746 valence electrons. The Morgan fingerprint density at radius 1 is 0.511 bits per heavy atom. The summed E-state index contributed by atoms with van der Waals surface area (Å²) in [5.74, 6) is -3.00. The Kier molecular flexibility index (Phi) is 44.1. The Morgan fingerprint density at radius 3 is 1.19 bits per heavy atom. The van der Waals surface area contributed by atoms with Gasteiger partial charge in [-0.05, 0) is 191 Å². The zero-order valence-corrected chi connectivity index (χ0v) is 94.3. The molecule has 18 nitrogen and oxygen atoms in total. The molecule has 4 aromatic heterocycles. The molecule has 8 N–H and O–H groups in total. The van der Waals surface area contributed by atoms with Crippen LogP contribution in [0.3, 0.4) is 0 Å². The topological polar surface area (TPSA) is 261 Å². The number of thiol groups is 1. The van der Waals surface area contributed by atoms with Crippen LogP contribution >= 0.6 is 70.6 Å². The first-order valence-electron chi connectivity index (χ1n) is 46.7. The molecule has 1 aliphatic rings. The molecule has 1 aliphatic heterocycles. The van der Waals surface area contributed by atoms with Crippen molar-refractivity contribution in [3.63, 3.8) is 0 Å². The number of hydrogen-bond donors (Lipinski definition) is 7. The number of urea groups is 1. The fraction of sp³-hybridized carbons (Fsp3) is 0.327. The molecule has 0 radical (unpaired) electrons. The maximum Gasteiger partial charge on any atom is 1.00 e. The van der Waals surface area contributed by atoms with Crippen molar-refractivity contribution in [3.8, 4) is 5.69 Å². The largest absolute Gasteiger partial charge is 1.00 e. The average molecular weight is 2110 g/mol. The third-order valence-corrected chi connectivity index (χ3v) is 40.8. The number of aryl methyl sites for hydroxylation is 3. The number of fused-ring (bicyclic) bond motifs is 1. The summed E-state index contributed by atoms with van der Waals surface area (Å²) in [7, 11) is -8.09. The number of rotatable bonds is 22. The van der Waals surface area contributed by atoms with Gasteiger partial charge in [-0.2, -0.15) is 12.6 Å². The number of pyridine rings is 3. The molecule has 1 fully saturated rings. The van der Waals surface area contributed by atoms with Gasteiger partial charge in [-0.1, -0.05) is 395 Å². The van der Waals surface area contributed by atoms with Crippen LogP contribution in [-0.2, 0) is 33.1 Å². The van der Waals surface area contributed by atoms with Gasteiger partial charge in [0.25, 0.3) is 42.3 Å². The van der Waals surface area contributed by atoms with Gasteiger partial charge >= 0.3 is 63.1 Å². The van der Waals surface area contributed by atoms with Crippen LogP contribution in [0.5, 0.6) is 0 Å². The van der Waals surface area contributed by atoms with E-state index in [0.29, 0.717) is 37.1 Å². The van der Waals surface area contributed by atoms with E-state index in [-0.39, 0.29) is 131 Å². The summed E-state index contributed by atoms with van der Waals surface area (Å²) >= 11 is 31.7. The molecule has 0 spiro atoms. The number of benzene rings is 9. The van der Waals surface area contributed by atoms with E-state index in [2.05, 4.69) is 315 Å². The molecule has 0 unspecified atom stereocenters. The van der Waals surface area contributed by atoms with Crippen LogP contribution in [0.25, 0.3) is 16.7 Å². The summed E-state index contributed by atoms with van der Waals surface area (Å²) in [5, 5.41) is 13.6. The number of piperidine rings is 1. The maximum absolute atomic E-state index is 14.3. The normalized spacial score (nSPS) is 13.3. The van der Waals surface area contributed by atoms with Gasteiger partial charge in [0.15, 0.2) is 38.6 Å². The number of nitrogen functional groups attached to an aromatic ring is 1.